The molecule has 4 nitrogen and oxygen atoms in total. The Morgan fingerprint density at radius 3 is 3.16 bits per heavy atom. The Bertz CT molecular complexity index is 596. The van der Waals surface area contributed by atoms with Gasteiger partial charge < -0.3 is 10.4 Å². The van der Waals surface area contributed by atoms with Gasteiger partial charge in [-0.2, -0.15) is 0 Å². The van der Waals surface area contributed by atoms with Crippen LogP contribution in [-0.4, -0.2) is 28.6 Å². The minimum Gasteiger partial charge on any atom is -0.393 e. The van der Waals surface area contributed by atoms with E-state index in [4.69, 9.17) is 0 Å². The van der Waals surface area contributed by atoms with Crippen molar-refractivity contribution in [2.45, 2.75) is 25.4 Å². The van der Waals surface area contributed by atoms with Gasteiger partial charge in [0.2, 0.25) is 0 Å². The highest BCUT2D eigenvalue weighted by Gasteiger charge is 2.23. The normalized spacial score (nSPS) is 22.8. The highest BCUT2D eigenvalue weighted by molar-refractivity contribution is 7.16. The lowest BCUT2D eigenvalue weighted by atomic mass is 10.1. The molecule has 5 heteroatoms. The van der Waals surface area contributed by atoms with E-state index in [-0.39, 0.29) is 12.0 Å². The van der Waals surface area contributed by atoms with Crippen LogP contribution >= 0.6 is 11.3 Å². The van der Waals surface area contributed by atoms with Crippen molar-refractivity contribution in [2.24, 2.45) is 5.92 Å². The maximum atomic E-state index is 12.1. The second-order valence-electron chi connectivity index (χ2n) is 5.08. The van der Waals surface area contributed by atoms with Crippen molar-refractivity contribution < 1.29 is 9.90 Å². The lowest BCUT2D eigenvalue weighted by Crippen LogP contribution is -2.28. The van der Waals surface area contributed by atoms with Crippen LogP contribution in [0.4, 0.5) is 0 Å². The molecule has 0 aliphatic heterocycles. The number of nitrogens with one attached hydrogen (secondary N) is 1. The zero-order valence-corrected chi connectivity index (χ0v) is 11.3. The first-order valence-electron chi connectivity index (χ1n) is 6.52. The number of carbonyl (C=O) groups is 1. The fraction of sp³-hybridized carbons (Fsp3) is 0.429. The van der Waals surface area contributed by atoms with Gasteiger partial charge in [-0.15, -0.1) is 11.3 Å². The predicted molar refractivity (Wildman–Crippen MR) is 75.3 cm³/mol. The highest BCUT2D eigenvalue weighted by Crippen LogP contribution is 2.24. The highest BCUT2D eigenvalue weighted by atomic mass is 32.1. The lowest BCUT2D eigenvalue weighted by molar-refractivity contribution is 0.0945. The van der Waals surface area contributed by atoms with Gasteiger partial charge in [0.1, 0.15) is 0 Å². The number of rotatable bonds is 3. The molecule has 0 bridgehead atoms. The SMILES string of the molecule is O=C(NCC1CCC(O)C1)c1ccc2ncsc2c1. The largest absolute Gasteiger partial charge is 0.393 e. The van der Waals surface area contributed by atoms with Gasteiger partial charge >= 0.3 is 0 Å². The number of benzene rings is 1. The fourth-order valence-corrected chi connectivity index (χ4v) is 3.29. The van der Waals surface area contributed by atoms with Crippen LogP contribution in [0, 0.1) is 5.92 Å². The van der Waals surface area contributed by atoms with Crippen LogP contribution in [0.1, 0.15) is 29.6 Å². The molecule has 3 rings (SSSR count). The number of hydrogen-bond donors (Lipinski definition) is 2. The molecule has 19 heavy (non-hydrogen) atoms. The van der Waals surface area contributed by atoms with Gasteiger partial charge in [-0.05, 0) is 43.4 Å². The predicted octanol–water partition coefficient (Wildman–Crippen LogP) is 2.19. The smallest absolute Gasteiger partial charge is 0.251 e. The molecular formula is C14H16N2O2S. The molecule has 1 aliphatic rings. The van der Waals surface area contributed by atoms with E-state index in [0.717, 1.165) is 29.5 Å². The van der Waals surface area contributed by atoms with E-state index < -0.39 is 0 Å². The number of thiazole rings is 1. The molecular weight excluding hydrogens is 260 g/mol. The maximum Gasteiger partial charge on any atom is 0.251 e. The van der Waals surface area contributed by atoms with Crippen LogP contribution < -0.4 is 5.32 Å². The third-order valence-corrected chi connectivity index (χ3v) is 4.45. The summed E-state index contributed by atoms with van der Waals surface area (Å²) < 4.78 is 1.03. The molecule has 1 aromatic heterocycles. The van der Waals surface area contributed by atoms with Gasteiger partial charge in [0.05, 0.1) is 21.8 Å². The van der Waals surface area contributed by atoms with Gasteiger partial charge in [-0.25, -0.2) is 4.98 Å². The summed E-state index contributed by atoms with van der Waals surface area (Å²) in [5.41, 5.74) is 3.39. The first kappa shape index (κ1) is 12.6. The Labute approximate surface area is 115 Å². The van der Waals surface area contributed by atoms with Crippen molar-refractivity contribution in [2.75, 3.05) is 6.54 Å². The molecule has 0 saturated heterocycles. The lowest BCUT2D eigenvalue weighted by Gasteiger charge is -2.10. The van der Waals surface area contributed by atoms with Crippen LogP contribution in [0.3, 0.4) is 0 Å². The van der Waals surface area contributed by atoms with Gasteiger partial charge in [0.15, 0.2) is 0 Å². The Balaban J connectivity index is 1.63. The topological polar surface area (TPSA) is 62.2 Å². The third-order valence-electron chi connectivity index (χ3n) is 3.66. The Morgan fingerprint density at radius 2 is 2.37 bits per heavy atom. The Hall–Kier alpha value is -1.46. The molecule has 1 aromatic carbocycles. The standard InChI is InChI=1S/C14H16N2O2S/c17-11-3-1-9(5-11)7-15-14(18)10-2-4-12-13(6-10)19-8-16-12/h2,4,6,8-9,11,17H,1,3,5,7H2,(H,15,18). The maximum absolute atomic E-state index is 12.1. The molecule has 1 amide bonds. The zero-order valence-electron chi connectivity index (χ0n) is 10.5. The summed E-state index contributed by atoms with van der Waals surface area (Å²) in [6.45, 7) is 0.649. The van der Waals surface area contributed by atoms with Gasteiger partial charge in [0.25, 0.3) is 5.91 Å². The summed E-state index contributed by atoms with van der Waals surface area (Å²) in [5, 5.41) is 12.4. The Kier molecular flexibility index (Phi) is 3.48. The molecule has 0 spiro atoms. The van der Waals surface area contributed by atoms with Crippen LogP contribution in [0.2, 0.25) is 0 Å². The van der Waals surface area contributed by atoms with Crippen molar-refractivity contribution in [1.29, 1.82) is 0 Å². The molecule has 0 radical (unpaired) electrons. The van der Waals surface area contributed by atoms with E-state index >= 15 is 0 Å². The monoisotopic (exact) mass is 276 g/mol. The summed E-state index contributed by atoms with van der Waals surface area (Å²) in [4.78, 5) is 16.3. The number of nitrogens with zero attached hydrogens (tertiary/aromatic N) is 1. The van der Waals surface area contributed by atoms with E-state index in [1.807, 2.05) is 12.1 Å². The van der Waals surface area contributed by atoms with Crippen molar-refractivity contribution in [3.63, 3.8) is 0 Å². The number of aliphatic hydroxyl groups is 1. The van der Waals surface area contributed by atoms with Gasteiger partial charge in [-0.3, -0.25) is 4.79 Å². The second kappa shape index (κ2) is 5.27. The summed E-state index contributed by atoms with van der Waals surface area (Å²) >= 11 is 1.54. The second-order valence-corrected chi connectivity index (χ2v) is 5.96. The number of carbonyl (C=O) groups excluding carboxylic acids is 1. The summed E-state index contributed by atoms with van der Waals surface area (Å²) in [5.74, 6) is 0.364. The van der Waals surface area contributed by atoms with Crippen molar-refractivity contribution in [3.8, 4) is 0 Å². The first-order chi connectivity index (χ1) is 9.22. The fourth-order valence-electron chi connectivity index (χ4n) is 2.57. The van der Waals surface area contributed by atoms with Crippen molar-refractivity contribution >= 4 is 27.5 Å². The zero-order chi connectivity index (χ0) is 13.2. The molecule has 100 valence electrons. The number of fused-ring (bicyclic) bond motifs is 1. The molecule has 2 N–H and O–H groups in total. The molecule has 1 saturated carbocycles. The number of aliphatic hydroxyl groups excluding tert-OH is 1. The molecule has 1 aliphatic carbocycles. The summed E-state index contributed by atoms with van der Waals surface area (Å²) in [7, 11) is 0. The summed E-state index contributed by atoms with van der Waals surface area (Å²) in [6, 6.07) is 5.56. The van der Waals surface area contributed by atoms with E-state index in [2.05, 4.69) is 10.3 Å². The first-order valence-corrected chi connectivity index (χ1v) is 7.40. The van der Waals surface area contributed by atoms with Crippen molar-refractivity contribution in [3.05, 3.63) is 29.3 Å². The molecule has 2 aromatic rings. The van der Waals surface area contributed by atoms with Gasteiger partial charge in [-0.1, -0.05) is 0 Å². The van der Waals surface area contributed by atoms with Gasteiger partial charge in [0, 0.05) is 12.1 Å². The average molecular weight is 276 g/mol. The minimum absolute atomic E-state index is 0.0447. The molecule has 2 atom stereocenters. The van der Waals surface area contributed by atoms with E-state index in [0.29, 0.717) is 18.0 Å². The van der Waals surface area contributed by atoms with Crippen LogP contribution in [-0.2, 0) is 0 Å². The van der Waals surface area contributed by atoms with Crippen LogP contribution in [0.25, 0.3) is 10.2 Å². The minimum atomic E-state index is -0.185. The molecule has 2 unspecified atom stereocenters. The van der Waals surface area contributed by atoms with E-state index in [1.54, 1.807) is 11.6 Å². The quantitative estimate of drug-likeness (QED) is 0.903. The Morgan fingerprint density at radius 1 is 1.47 bits per heavy atom. The van der Waals surface area contributed by atoms with Crippen LogP contribution in [0.15, 0.2) is 23.7 Å². The average Bonchev–Trinajstić information content (AvgIpc) is 3.03. The molecule has 1 heterocycles. The summed E-state index contributed by atoms with van der Waals surface area (Å²) in [6.07, 6.45) is 2.46. The number of aromatic nitrogens is 1. The number of hydrogen-bond acceptors (Lipinski definition) is 4. The van der Waals surface area contributed by atoms with Crippen LogP contribution in [0.5, 0.6) is 0 Å². The van der Waals surface area contributed by atoms with E-state index in [1.165, 1.54) is 11.3 Å². The number of amides is 1. The third kappa shape index (κ3) is 2.77. The molecule has 1 fully saturated rings. The van der Waals surface area contributed by atoms with E-state index in [9.17, 15) is 9.90 Å². The van der Waals surface area contributed by atoms with Crippen molar-refractivity contribution in [1.82, 2.24) is 10.3 Å².